The van der Waals surface area contributed by atoms with E-state index in [-0.39, 0.29) is 42.0 Å². The second-order valence-electron chi connectivity index (χ2n) is 8.16. The van der Waals surface area contributed by atoms with E-state index in [4.69, 9.17) is 11.6 Å². The standard InChI is InChI=1S/C25H26ClN3O3S.ClH/c1-28-12-3-13-29(15-14-28)19-8-6-17(7-9-19)25(32)27-24-18(4-2-5-20(24)30)16-21(31)22-10-11-23(26)33-22;/h2,4-11,30H,3,12-16H2,1H3,(H,27,32);1H. The molecular weight excluding hydrogens is 493 g/mol. The van der Waals surface area contributed by atoms with E-state index in [0.29, 0.717) is 20.3 Å². The normalized spacial score (nSPS) is 14.2. The van der Waals surface area contributed by atoms with Crippen LogP contribution < -0.4 is 10.2 Å². The number of aromatic hydroxyl groups is 1. The van der Waals surface area contributed by atoms with E-state index in [9.17, 15) is 14.7 Å². The van der Waals surface area contributed by atoms with E-state index in [2.05, 4.69) is 22.2 Å². The summed E-state index contributed by atoms with van der Waals surface area (Å²) in [7, 11) is 2.13. The van der Waals surface area contributed by atoms with Crippen molar-refractivity contribution in [1.29, 1.82) is 0 Å². The van der Waals surface area contributed by atoms with Crippen LogP contribution in [0.15, 0.2) is 54.6 Å². The maximum atomic E-state index is 12.9. The Balaban J connectivity index is 0.00000324. The van der Waals surface area contributed by atoms with Gasteiger partial charge < -0.3 is 20.2 Å². The highest BCUT2D eigenvalue weighted by molar-refractivity contribution is 7.18. The largest absolute Gasteiger partial charge is 0.506 e. The number of carbonyl (C=O) groups excluding carboxylic acids is 2. The van der Waals surface area contributed by atoms with Crippen molar-refractivity contribution in [2.45, 2.75) is 12.8 Å². The van der Waals surface area contributed by atoms with Gasteiger partial charge in [0.25, 0.3) is 5.91 Å². The number of amides is 1. The Morgan fingerprint density at radius 3 is 2.50 bits per heavy atom. The Morgan fingerprint density at radius 2 is 1.79 bits per heavy atom. The van der Waals surface area contributed by atoms with E-state index in [0.717, 1.165) is 38.3 Å². The van der Waals surface area contributed by atoms with Gasteiger partial charge in [-0.3, -0.25) is 9.59 Å². The number of Topliss-reactive ketones (excluding diaryl/α,β-unsaturated/α-hetero) is 1. The van der Waals surface area contributed by atoms with E-state index >= 15 is 0 Å². The van der Waals surface area contributed by atoms with Crippen molar-refractivity contribution >= 4 is 58.4 Å². The molecule has 6 nitrogen and oxygen atoms in total. The summed E-state index contributed by atoms with van der Waals surface area (Å²) in [6.07, 6.45) is 1.15. The Bertz CT molecular complexity index is 1150. The SMILES string of the molecule is CN1CCCN(c2ccc(C(=O)Nc3c(O)cccc3CC(=O)c3ccc(Cl)s3)cc2)CC1.Cl. The van der Waals surface area contributed by atoms with Crippen LogP contribution >= 0.6 is 35.3 Å². The monoisotopic (exact) mass is 519 g/mol. The molecule has 1 saturated heterocycles. The van der Waals surface area contributed by atoms with Crippen LogP contribution in [0.25, 0.3) is 0 Å². The smallest absolute Gasteiger partial charge is 0.255 e. The van der Waals surface area contributed by atoms with Crippen molar-refractivity contribution in [3.05, 3.63) is 74.9 Å². The van der Waals surface area contributed by atoms with Gasteiger partial charge in [-0.15, -0.1) is 23.7 Å². The van der Waals surface area contributed by atoms with Crippen molar-refractivity contribution in [3.63, 3.8) is 0 Å². The fourth-order valence-electron chi connectivity index (χ4n) is 3.92. The maximum Gasteiger partial charge on any atom is 0.255 e. The zero-order valence-corrected chi connectivity index (χ0v) is 21.2. The van der Waals surface area contributed by atoms with Crippen LogP contribution in [0, 0.1) is 0 Å². The molecule has 3 aromatic rings. The minimum atomic E-state index is -0.341. The quantitative estimate of drug-likeness (QED) is 0.339. The summed E-state index contributed by atoms with van der Waals surface area (Å²) in [5.41, 5.74) is 2.36. The molecule has 2 aromatic carbocycles. The summed E-state index contributed by atoms with van der Waals surface area (Å²) < 4.78 is 0.540. The molecule has 0 bridgehead atoms. The van der Waals surface area contributed by atoms with E-state index in [1.54, 1.807) is 36.4 Å². The molecule has 1 amide bonds. The highest BCUT2D eigenvalue weighted by Crippen LogP contribution is 2.30. The average Bonchev–Trinajstić information content (AvgIpc) is 3.13. The molecule has 4 rings (SSSR count). The van der Waals surface area contributed by atoms with Gasteiger partial charge >= 0.3 is 0 Å². The van der Waals surface area contributed by atoms with Crippen molar-refractivity contribution < 1.29 is 14.7 Å². The molecule has 0 saturated carbocycles. The first-order valence-electron chi connectivity index (χ1n) is 10.8. The van der Waals surface area contributed by atoms with E-state index < -0.39 is 0 Å². The average molecular weight is 520 g/mol. The third-order valence-corrected chi connectivity index (χ3v) is 7.05. The molecule has 9 heteroatoms. The van der Waals surface area contributed by atoms with Crippen molar-refractivity contribution in [2.75, 3.05) is 43.4 Å². The molecule has 2 N–H and O–H groups in total. The van der Waals surface area contributed by atoms with Gasteiger partial charge in [-0.1, -0.05) is 23.7 Å². The molecule has 1 aliphatic heterocycles. The number of anilines is 2. The number of phenols is 1. The highest BCUT2D eigenvalue weighted by Gasteiger charge is 2.18. The van der Waals surface area contributed by atoms with Crippen LogP contribution in [0.4, 0.5) is 11.4 Å². The van der Waals surface area contributed by atoms with Crippen LogP contribution in [-0.2, 0) is 6.42 Å². The minimum absolute atomic E-state index is 0. The summed E-state index contributed by atoms with van der Waals surface area (Å²) in [4.78, 5) is 30.7. The summed E-state index contributed by atoms with van der Waals surface area (Å²) in [5, 5.41) is 13.2. The van der Waals surface area contributed by atoms with Crippen LogP contribution in [0.5, 0.6) is 5.75 Å². The predicted octanol–water partition coefficient (Wildman–Crippen LogP) is 5.35. The summed E-state index contributed by atoms with van der Waals surface area (Å²) in [6.45, 7) is 4.03. The van der Waals surface area contributed by atoms with E-state index in [1.807, 2.05) is 12.1 Å². The maximum absolute atomic E-state index is 12.9. The van der Waals surface area contributed by atoms with Crippen molar-refractivity contribution in [1.82, 2.24) is 4.90 Å². The number of rotatable bonds is 6. The molecule has 2 heterocycles. The number of hydrogen-bond acceptors (Lipinski definition) is 6. The third kappa shape index (κ3) is 6.30. The first-order valence-corrected chi connectivity index (χ1v) is 12.0. The molecule has 0 atom stereocenters. The van der Waals surface area contributed by atoms with Gasteiger partial charge in [0.1, 0.15) is 5.75 Å². The Kier molecular flexibility index (Phi) is 8.97. The number of halogens is 2. The Morgan fingerprint density at radius 1 is 1.03 bits per heavy atom. The molecule has 34 heavy (non-hydrogen) atoms. The molecule has 1 aliphatic rings. The fourth-order valence-corrected chi connectivity index (χ4v) is 4.90. The second kappa shape index (κ2) is 11.7. The second-order valence-corrected chi connectivity index (χ2v) is 9.87. The number of thiophene rings is 1. The van der Waals surface area contributed by atoms with Crippen LogP contribution in [0.1, 0.15) is 32.0 Å². The highest BCUT2D eigenvalue weighted by atomic mass is 35.5. The lowest BCUT2D eigenvalue weighted by Gasteiger charge is -2.23. The van der Waals surface area contributed by atoms with Gasteiger partial charge in [0.05, 0.1) is 14.9 Å². The lowest BCUT2D eigenvalue weighted by molar-refractivity contribution is 0.0992. The molecule has 180 valence electrons. The number of ketones is 1. The molecule has 1 fully saturated rings. The first-order chi connectivity index (χ1) is 15.9. The van der Waals surface area contributed by atoms with Gasteiger partial charge in [0, 0.05) is 37.3 Å². The van der Waals surface area contributed by atoms with Gasteiger partial charge in [0.2, 0.25) is 0 Å². The first kappa shape index (κ1) is 26.0. The summed E-state index contributed by atoms with van der Waals surface area (Å²) in [6, 6.07) is 15.7. The number of benzene rings is 2. The lowest BCUT2D eigenvalue weighted by atomic mass is 10.0. The number of carbonyl (C=O) groups is 2. The zero-order chi connectivity index (χ0) is 23.4. The topological polar surface area (TPSA) is 72.9 Å². The summed E-state index contributed by atoms with van der Waals surface area (Å²) >= 11 is 7.15. The zero-order valence-electron chi connectivity index (χ0n) is 18.8. The van der Waals surface area contributed by atoms with E-state index in [1.165, 1.54) is 17.4 Å². The number of hydrogen-bond donors (Lipinski definition) is 2. The molecule has 0 unspecified atom stereocenters. The number of nitrogens with zero attached hydrogens (tertiary/aromatic N) is 2. The van der Waals surface area contributed by atoms with Crippen molar-refractivity contribution in [2.24, 2.45) is 0 Å². The summed E-state index contributed by atoms with van der Waals surface area (Å²) in [5.74, 6) is -0.546. The molecule has 1 aromatic heterocycles. The fraction of sp³-hybridized carbons (Fsp3) is 0.280. The number of likely N-dealkylation sites (N-methyl/N-ethyl adjacent to an activating group) is 1. The third-order valence-electron chi connectivity index (χ3n) is 5.78. The lowest BCUT2D eigenvalue weighted by Crippen LogP contribution is -2.28. The van der Waals surface area contributed by atoms with Crippen LogP contribution in [0.2, 0.25) is 4.34 Å². The predicted molar refractivity (Wildman–Crippen MR) is 141 cm³/mol. The van der Waals surface area contributed by atoms with Gasteiger partial charge in [0.15, 0.2) is 5.78 Å². The molecule has 0 aliphatic carbocycles. The van der Waals surface area contributed by atoms with Crippen molar-refractivity contribution in [3.8, 4) is 5.75 Å². The van der Waals surface area contributed by atoms with Crippen LogP contribution in [-0.4, -0.2) is 54.9 Å². The van der Waals surface area contributed by atoms with Gasteiger partial charge in [-0.05, 0) is 68.0 Å². The minimum Gasteiger partial charge on any atom is -0.506 e. The van der Waals surface area contributed by atoms with Gasteiger partial charge in [-0.25, -0.2) is 0 Å². The molecular formula is C25H27Cl2N3O3S. The Hall–Kier alpha value is -2.58. The number of phenolic OH excluding ortho intramolecular Hbond substituents is 1. The van der Waals surface area contributed by atoms with Gasteiger partial charge in [-0.2, -0.15) is 0 Å². The Labute approximate surface area is 214 Å². The van der Waals surface area contributed by atoms with Crippen LogP contribution in [0.3, 0.4) is 0 Å². The molecule has 0 spiro atoms. The number of para-hydroxylation sites is 1. The number of nitrogens with one attached hydrogen (secondary N) is 1. The molecule has 0 radical (unpaired) electrons.